The van der Waals surface area contributed by atoms with Crippen LogP contribution in [0.25, 0.3) is 0 Å². The summed E-state index contributed by atoms with van der Waals surface area (Å²) in [6.45, 7) is 18.1. The van der Waals surface area contributed by atoms with Crippen molar-refractivity contribution >= 4 is 16.6 Å². The zero-order chi connectivity index (χ0) is 25.8. The lowest BCUT2D eigenvalue weighted by Gasteiger charge is -2.43. The minimum Gasteiger partial charge on any atom is -0.416 e. The molecule has 35 heavy (non-hydrogen) atoms. The lowest BCUT2D eigenvalue weighted by Crippen LogP contribution is -2.48. The maximum absolute atomic E-state index is 7.04. The highest BCUT2D eigenvalue weighted by Crippen LogP contribution is 2.38. The number of benzene rings is 2. The Morgan fingerprint density at radius 1 is 0.571 bits per heavy atom. The molecule has 0 amide bonds. The summed E-state index contributed by atoms with van der Waals surface area (Å²) < 4.78 is 14.1. The van der Waals surface area contributed by atoms with Gasteiger partial charge in [-0.15, -0.1) is 0 Å². The second kappa shape index (κ2) is 14.5. The van der Waals surface area contributed by atoms with E-state index in [9.17, 15) is 0 Å². The maximum atomic E-state index is 7.04. The van der Waals surface area contributed by atoms with Gasteiger partial charge < -0.3 is 8.85 Å². The van der Waals surface area contributed by atoms with Gasteiger partial charge in [-0.25, -0.2) is 0 Å². The average Bonchev–Trinajstić information content (AvgIpc) is 2.92. The van der Waals surface area contributed by atoms with Crippen LogP contribution >= 0.6 is 0 Å². The van der Waals surface area contributed by atoms with Crippen molar-refractivity contribution < 1.29 is 8.85 Å². The van der Waals surface area contributed by atoms with Crippen LogP contribution in [0.15, 0.2) is 60.7 Å². The molecule has 0 aliphatic carbocycles. The third-order valence-corrected chi connectivity index (χ3v) is 18.2. The molecule has 0 N–H and O–H groups in total. The van der Waals surface area contributed by atoms with Gasteiger partial charge >= 0.3 is 0 Å². The van der Waals surface area contributed by atoms with Crippen molar-refractivity contribution in [2.75, 3.05) is 13.2 Å². The first-order valence-electron chi connectivity index (χ1n) is 14.2. The van der Waals surface area contributed by atoms with Crippen molar-refractivity contribution in [1.82, 2.24) is 0 Å². The van der Waals surface area contributed by atoms with Crippen LogP contribution < -0.4 is 0 Å². The van der Waals surface area contributed by atoms with Crippen molar-refractivity contribution in [2.45, 2.75) is 97.6 Å². The number of hydrogen-bond donors (Lipinski definition) is 0. The van der Waals surface area contributed by atoms with Gasteiger partial charge in [-0.05, 0) is 66.2 Å². The number of rotatable bonds is 17. The molecule has 196 valence electrons. The Labute approximate surface area is 219 Å². The largest absolute Gasteiger partial charge is 0.416 e. The van der Waals surface area contributed by atoms with Gasteiger partial charge in [0.1, 0.15) is 0 Å². The van der Waals surface area contributed by atoms with Crippen molar-refractivity contribution in [1.29, 1.82) is 0 Å². The lowest BCUT2D eigenvalue weighted by molar-refractivity contribution is 0.0300. The van der Waals surface area contributed by atoms with E-state index in [4.69, 9.17) is 8.85 Å². The summed E-state index contributed by atoms with van der Waals surface area (Å²) in [5.74, 6) is 0.446. The average molecular weight is 513 g/mol. The van der Waals surface area contributed by atoms with Gasteiger partial charge in [-0.2, -0.15) is 0 Å². The van der Waals surface area contributed by atoms with Crippen LogP contribution in [0, 0.1) is 11.3 Å². The van der Waals surface area contributed by atoms with E-state index in [-0.39, 0.29) is 5.41 Å². The quantitative estimate of drug-likeness (QED) is 0.197. The maximum Gasteiger partial charge on any atom is 0.192 e. The third kappa shape index (κ3) is 8.41. The summed E-state index contributed by atoms with van der Waals surface area (Å²) >= 11 is 0. The van der Waals surface area contributed by atoms with Crippen molar-refractivity contribution in [2.24, 2.45) is 11.3 Å². The predicted molar refractivity (Wildman–Crippen MR) is 158 cm³/mol. The highest BCUT2D eigenvalue weighted by Gasteiger charge is 2.41. The summed E-state index contributed by atoms with van der Waals surface area (Å²) in [5, 5.41) is 0. The van der Waals surface area contributed by atoms with Gasteiger partial charge in [0.05, 0.1) is 0 Å². The zero-order valence-electron chi connectivity index (χ0n) is 23.7. The highest BCUT2D eigenvalue weighted by molar-refractivity contribution is 6.74. The molecular weight excluding hydrogens is 461 g/mol. The summed E-state index contributed by atoms with van der Waals surface area (Å²) in [7, 11) is -3.40. The van der Waals surface area contributed by atoms with Gasteiger partial charge in [0.2, 0.25) is 0 Å². The molecule has 0 saturated heterocycles. The monoisotopic (exact) mass is 512 g/mol. The smallest absolute Gasteiger partial charge is 0.192 e. The minimum atomic E-state index is -1.70. The van der Waals surface area contributed by atoms with Gasteiger partial charge in [0.15, 0.2) is 16.6 Å². The Bertz CT molecular complexity index is 734. The van der Waals surface area contributed by atoms with E-state index in [1.165, 1.54) is 47.4 Å². The first-order valence-corrected chi connectivity index (χ1v) is 19.2. The van der Waals surface area contributed by atoms with Crippen molar-refractivity contribution in [3.63, 3.8) is 0 Å². The number of hydrogen-bond acceptors (Lipinski definition) is 2. The molecule has 0 heterocycles. The van der Waals surface area contributed by atoms with Gasteiger partial charge in [-0.3, -0.25) is 0 Å². The molecule has 0 saturated carbocycles. The fourth-order valence-corrected chi connectivity index (χ4v) is 10.9. The predicted octanol–water partition coefficient (Wildman–Crippen LogP) is 9.14. The summed E-state index contributed by atoms with van der Waals surface area (Å²) in [6.07, 6.45) is 2.10. The molecule has 2 aromatic rings. The SMILES string of the molecule is CC[Si](CC)(CC)OCC(C)(CO[Si](CC)(CC)CC)C(Cc1ccccc1)Cc1ccccc1. The highest BCUT2D eigenvalue weighted by atomic mass is 28.4. The van der Waals surface area contributed by atoms with Crippen LogP contribution in [0.4, 0.5) is 0 Å². The molecule has 0 fully saturated rings. The Balaban J connectivity index is 2.44. The second-order valence-corrected chi connectivity index (χ2v) is 20.3. The fraction of sp³-hybridized carbons (Fsp3) is 0.613. The van der Waals surface area contributed by atoms with Crippen LogP contribution in [0.2, 0.25) is 36.3 Å². The molecule has 0 aliphatic rings. The summed E-state index contributed by atoms with van der Waals surface area (Å²) in [4.78, 5) is 0. The Hall–Kier alpha value is -1.21. The minimum absolute atomic E-state index is 0.0405. The molecule has 0 spiro atoms. The standard InChI is InChI=1S/C31H52O2Si2/c1-8-34(9-2,10-3)32-26-31(7,27-33-35(11-4,12-5)13-6)30(24-28-20-16-14-17-21-28)25-29-22-18-15-19-23-29/h14-23,30H,8-13,24-27H2,1-7H3. The Morgan fingerprint density at radius 3 is 1.17 bits per heavy atom. The van der Waals surface area contributed by atoms with E-state index in [0.717, 1.165) is 26.1 Å². The van der Waals surface area contributed by atoms with Crippen LogP contribution in [-0.2, 0) is 21.7 Å². The molecule has 0 atom stereocenters. The van der Waals surface area contributed by atoms with Crippen molar-refractivity contribution in [3.8, 4) is 0 Å². The molecule has 0 aliphatic heterocycles. The molecule has 0 bridgehead atoms. The van der Waals surface area contributed by atoms with E-state index in [1.54, 1.807) is 0 Å². The van der Waals surface area contributed by atoms with Crippen molar-refractivity contribution in [3.05, 3.63) is 71.8 Å². The second-order valence-electron chi connectivity index (χ2n) is 10.8. The molecule has 0 aromatic heterocycles. The summed E-state index contributed by atoms with van der Waals surface area (Å²) in [5.41, 5.74) is 2.78. The molecule has 2 nitrogen and oxygen atoms in total. The van der Waals surface area contributed by atoms with E-state index < -0.39 is 16.6 Å². The lowest BCUT2D eigenvalue weighted by atomic mass is 9.72. The van der Waals surface area contributed by atoms with E-state index in [1.807, 2.05) is 0 Å². The van der Waals surface area contributed by atoms with Gasteiger partial charge in [0, 0.05) is 18.6 Å². The molecular formula is C31H52O2Si2. The van der Waals surface area contributed by atoms with E-state index >= 15 is 0 Å². The zero-order valence-corrected chi connectivity index (χ0v) is 25.7. The molecule has 0 unspecified atom stereocenters. The first-order chi connectivity index (χ1) is 16.8. The Morgan fingerprint density at radius 2 is 0.886 bits per heavy atom. The van der Waals surface area contributed by atoms with E-state index in [2.05, 4.69) is 109 Å². The molecule has 4 heteroatoms. The van der Waals surface area contributed by atoms with Crippen LogP contribution in [0.5, 0.6) is 0 Å². The molecule has 2 aromatic carbocycles. The van der Waals surface area contributed by atoms with E-state index in [0.29, 0.717) is 5.92 Å². The van der Waals surface area contributed by atoms with Gasteiger partial charge in [0.25, 0.3) is 0 Å². The van der Waals surface area contributed by atoms with Crippen LogP contribution in [-0.4, -0.2) is 29.8 Å². The van der Waals surface area contributed by atoms with Crippen LogP contribution in [0.3, 0.4) is 0 Å². The normalized spacial score (nSPS) is 12.9. The molecule has 0 radical (unpaired) electrons. The molecule has 2 rings (SSSR count). The summed E-state index contributed by atoms with van der Waals surface area (Å²) in [6, 6.07) is 29.2. The third-order valence-electron chi connectivity index (χ3n) is 8.92. The first kappa shape index (κ1) is 30.0. The Kier molecular flexibility index (Phi) is 12.4. The topological polar surface area (TPSA) is 18.5 Å². The van der Waals surface area contributed by atoms with Gasteiger partial charge in [-0.1, -0.05) is 109 Å². The fourth-order valence-electron chi connectivity index (χ4n) is 5.39. The van der Waals surface area contributed by atoms with Crippen LogP contribution in [0.1, 0.15) is 59.6 Å².